The van der Waals surface area contributed by atoms with Gasteiger partial charge < -0.3 is 5.32 Å². The van der Waals surface area contributed by atoms with E-state index in [2.05, 4.69) is 18.5 Å². The molecule has 0 aliphatic carbocycles. The topological polar surface area (TPSA) is 12.0 Å². The molecule has 0 aromatic heterocycles. The first-order valence-corrected chi connectivity index (χ1v) is 7.06. The Morgan fingerprint density at radius 3 is 2.81 bits per heavy atom. The summed E-state index contributed by atoms with van der Waals surface area (Å²) in [5.41, 5.74) is 1.92. The van der Waals surface area contributed by atoms with E-state index >= 15 is 0 Å². The van der Waals surface area contributed by atoms with Gasteiger partial charge in [0, 0.05) is 11.6 Å². The minimum Gasteiger partial charge on any atom is -0.310 e. The monoisotopic (exact) mass is 241 g/mol. The molecule has 3 heteroatoms. The number of benzene rings is 1. The van der Waals surface area contributed by atoms with Crippen molar-refractivity contribution < 1.29 is 4.39 Å². The van der Waals surface area contributed by atoms with Crippen molar-refractivity contribution in [1.29, 1.82) is 0 Å². The second-order valence-corrected chi connectivity index (χ2v) is 4.90. The highest BCUT2D eigenvalue weighted by molar-refractivity contribution is 7.98. The van der Waals surface area contributed by atoms with Gasteiger partial charge in [0.2, 0.25) is 0 Å². The summed E-state index contributed by atoms with van der Waals surface area (Å²) >= 11 is 1.80. The Morgan fingerprint density at radius 1 is 1.44 bits per heavy atom. The molecule has 0 heterocycles. The van der Waals surface area contributed by atoms with Gasteiger partial charge in [-0.15, -0.1) is 0 Å². The Bertz CT molecular complexity index is 328. The van der Waals surface area contributed by atoms with Gasteiger partial charge >= 0.3 is 0 Å². The van der Waals surface area contributed by atoms with E-state index in [0.29, 0.717) is 0 Å². The van der Waals surface area contributed by atoms with Crippen LogP contribution in [0.25, 0.3) is 0 Å². The summed E-state index contributed by atoms with van der Waals surface area (Å²) in [5.74, 6) is 0.947. The van der Waals surface area contributed by atoms with Gasteiger partial charge in [0.05, 0.1) is 0 Å². The van der Waals surface area contributed by atoms with E-state index in [4.69, 9.17) is 0 Å². The quantitative estimate of drug-likeness (QED) is 0.817. The van der Waals surface area contributed by atoms with Gasteiger partial charge in [-0.25, -0.2) is 4.39 Å². The zero-order chi connectivity index (χ0) is 12.0. The fourth-order valence-corrected chi connectivity index (χ4v) is 2.25. The van der Waals surface area contributed by atoms with Crippen LogP contribution in [0.4, 0.5) is 4.39 Å². The third-order valence-electron chi connectivity index (χ3n) is 2.59. The van der Waals surface area contributed by atoms with E-state index < -0.39 is 0 Å². The Morgan fingerprint density at radius 2 is 2.19 bits per heavy atom. The maximum absolute atomic E-state index is 13.7. The van der Waals surface area contributed by atoms with Gasteiger partial charge in [0.25, 0.3) is 0 Å². The fraction of sp³-hybridized carbons (Fsp3) is 0.538. The molecule has 1 aromatic rings. The molecule has 16 heavy (non-hydrogen) atoms. The van der Waals surface area contributed by atoms with Crippen LogP contribution in [-0.2, 0) is 0 Å². The molecule has 1 N–H and O–H groups in total. The van der Waals surface area contributed by atoms with Gasteiger partial charge in [0.15, 0.2) is 0 Å². The van der Waals surface area contributed by atoms with Crippen molar-refractivity contribution in [2.75, 3.05) is 18.6 Å². The van der Waals surface area contributed by atoms with E-state index in [-0.39, 0.29) is 11.9 Å². The van der Waals surface area contributed by atoms with Crippen molar-refractivity contribution in [3.05, 3.63) is 35.1 Å². The molecule has 0 bridgehead atoms. The molecule has 0 spiro atoms. The molecule has 0 aliphatic rings. The summed E-state index contributed by atoms with van der Waals surface area (Å²) in [7, 11) is 0. The summed E-state index contributed by atoms with van der Waals surface area (Å²) in [6, 6.07) is 5.46. The lowest BCUT2D eigenvalue weighted by molar-refractivity contribution is 0.503. The second-order valence-electron chi connectivity index (χ2n) is 3.92. The lowest BCUT2D eigenvalue weighted by Crippen LogP contribution is -2.22. The number of thioether (sulfide) groups is 1. The van der Waals surface area contributed by atoms with Crippen LogP contribution in [0.5, 0.6) is 0 Å². The average Bonchev–Trinajstić information content (AvgIpc) is 2.28. The number of halogens is 1. The van der Waals surface area contributed by atoms with Crippen LogP contribution in [0, 0.1) is 12.7 Å². The summed E-state index contributed by atoms with van der Waals surface area (Å²) in [5, 5.41) is 3.35. The minimum absolute atomic E-state index is 0.0994. The molecule has 90 valence electrons. The smallest absolute Gasteiger partial charge is 0.127 e. The van der Waals surface area contributed by atoms with Gasteiger partial charge in [-0.2, -0.15) is 11.8 Å². The first-order valence-electron chi connectivity index (χ1n) is 5.67. The van der Waals surface area contributed by atoms with E-state index in [1.54, 1.807) is 17.8 Å². The van der Waals surface area contributed by atoms with Crippen LogP contribution in [0.2, 0.25) is 0 Å². The highest BCUT2D eigenvalue weighted by atomic mass is 32.2. The molecule has 0 aliphatic heterocycles. The van der Waals surface area contributed by atoms with E-state index in [0.717, 1.165) is 29.8 Å². The number of hydrogen-bond donors (Lipinski definition) is 1. The Balaban J connectivity index is 2.85. The molecule has 1 rings (SSSR count). The lowest BCUT2D eigenvalue weighted by Gasteiger charge is -2.19. The van der Waals surface area contributed by atoms with Crippen molar-refractivity contribution in [3.8, 4) is 0 Å². The first-order chi connectivity index (χ1) is 7.69. The summed E-state index contributed by atoms with van der Waals surface area (Å²) in [4.78, 5) is 0. The van der Waals surface area contributed by atoms with Gasteiger partial charge in [0.1, 0.15) is 5.82 Å². The van der Waals surface area contributed by atoms with Gasteiger partial charge in [-0.1, -0.05) is 24.6 Å². The molecule has 0 saturated carbocycles. The second kappa shape index (κ2) is 6.92. The van der Waals surface area contributed by atoms with E-state index in [1.165, 1.54) is 0 Å². The number of nitrogens with one attached hydrogen (secondary N) is 1. The Kier molecular flexibility index (Phi) is 5.85. The van der Waals surface area contributed by atoms with Crippen molar-refractivity contribution in [1.82, 2.24) is 5.32 Å². The number of rotatable bonds is 6. The predicted molar refractivity (Wildman–Crippen MR) is 70.6 cm³/mol. The molecular weight excluding hydrogens is 221 g/mol. The van der Waals surface area contributed by atoms with E-state index in [9.17, 15) is 4.39 Å². The predicted octanol–water partition coefficient (Wildman–Crippen LogP) is 3.54. The largest absolute Gasteiger partial charge is 0.310 e. The standard InChI is InChI=1S/C13H20FNS/c1-4-15-13(7-8-16-3)11-9-10(2)5-6-12(11)14/h5-6,9,13,15H,4,7-8H2,1-3H3. The number of hydrogen-bond acceptors (Lipinski definition) is 2. The van der Waals surface area contributed by atoms with Gasteiger partial charge in [-0.05, 0) is 38.0 Å². The molecule has 0 radical (unpaired) electrons. The summed E-state index contributed by atoms with van der Waals surface area (Å²) < 4.78 is 13.7. The van der Waals surface area contributed by atoms with Crippen molar-refractivity contribution in [3.63, 3.8) is 0 Å². The van der Waals surface area contributed by atoms with Crippen LogP contribution < -0.4 is 5.32 Å². The molecule has 1 nitrogen and oxygen atoms in total. The molecule has 1 unspecified atom stereocenters. The average molecular weight is 241 g/mol. The Hall–Kier alpha value is -0.540. The lowest BCUT2D eigenvalue weighted by atomic mass is 10.0. The van der Waals surface area contributed by atoms with Crippen LogP contribution in [0.15, 0.2) is 18.2 Å². The van der Waals surface area contributed by atoms with Crippen molar-refractivity contribution in [2.24, 2.45) is 0 Å². The van der Waals surface area contributed by atoms with Crippen LogP contribution in [-0.4, -0.2) is 18.6 Å². The van der Waals surface area contributed by atoms with Crippen LogP contribution in [0.1, 0.15) is 30.5 Å². The first kappa shape index (κ1) is 13.5. The Labute approximate surface area is 102 Å². The van der Waals surface area contributed by atoms with Crippen molar-refractivity contribution >= 4 is 11.8 Å². The zero-order valence-corrected chi connectivity index (χ0v) is 11.0. The summed E-state index contributed by atoms with van der Waals surface area (Å²) in [6.45, 7) is 4.92. The van der Waals surface area contributed by atoms with Crippen LogP contribution >= 0.6 is 11.8 Å². The summed E-state index contributed by atoms with van der Waals surface area (Å²) in [6.07, 6.45) is 3.05. The van der Waals surface area contributed by atoms with Crippen LogP contribution in [0.3, 0.4) is 0 Å². The fourth-order valence-electron chi connectivity index (χ4n) is 1.78. The molecular formula is C13H20FNS. The molecule has 0 saturated heterocycles. The van der Waals surface area contributed by atoms with E-state index in [1.807, 2.05) is 19.1 Å². The minimum atomic E-state index is -0.0994. The maximum Gasteiger partial charge on any atom is 0.127 e. The van der Waals surface area contributed by atoms with Crippen molar-refractivity contribution in [2.45, 2.75) is 26.3 Å². The molecule has 1 atom stereocenters. The molecule has 0 amide bonds. The third-order valence-corrected chi connectivity index (χ3v) is 3.23. The third kappa shape index (κ3) is 3.80. The SMILES string of the molecule is CCNC(CCSC)c1cc(C)ccc1F. The zero-order valence-electron chi connectivity index (χ0n) is 10.2. The molecule has 1 aromatic carbocycles. The normalized spacial score (nSPS) is 12.8. The highest BCUT2D eigenvalue weighted by Gasteiger charge is 2.14. The maximum atomic E-state index is 13.7. The number of aryl methyl sites for hydroxylation is 1. The molecule has 0 fully saturated rings. The highest BCUT2D eigenvalue weighted by Crippen LogP contribution is 2.22. The van der Waals surface area contributed by atoms with Gasteiger partial charge in [-0.3, -0.25) is 0 Å².